The Bertz CT molecular complexity index is 871. The minimum absolute atomic E-state index is 0.0486. The van der Waals surface area contributed by atoms with Crippen molar-refractivity contribution >= 4 is 37.5 Å². The maximum Gasteiger partial charge on any atom is 0.241 e. The highest BCUT2D eigenvalue weighted by atomic mass is 79.9. The second kappa shape index (κ2) is 8.09. The van der Waals surface area contributed by atoms with Gasteiger partial charge in [-0.25, -0.2) is 13.6 Å². The molecule has 2 unspecified atom stereocenters. The van der Waals surface area contributed by atoms with Gasteiger partial charge in [-0.3, -0.25) is 10.1 Å². The lowest BCUT2D eigenvalue weighted by Gasteiger charge is -2.21. The summed E-state index contributed by atoms with van der Waals surface area (Å²) in [5, 5.41) is 11.0. The molecular formula is C17H20BrN3O3S. The standard InChI is InChI=1S/C17H20BrN3O3S/c1-11(15-8-3-4-9-16(15)18)20-12(2)17(22)21-13-6-5-7-14(10-13)25(19,23)24/h3-12,20H,1-2H3,(H,21,22)(H2,19,23,24). The lowest BCUT2D eigenvalue weighted by atomic mass is 10.1. The van der Waals surface area contributed by atoms with E-state index in [-0.39, 0.29) is 16.8 Å². The first-order valence-corrected chi connectivity index (χ1v) is 9.96. The number of amides is 1. The molecule has 4 N–H and O–H groups in total. The second-order valence-corrected chi connectivity index (χ2v) is 8.11. The summed E-state index contributed by atoms with van der Waals surface area (Å²) in [7, 11) is -3.81. The number of hydrogen-bond acceptors (Lipinski definition) is 4. The van der Waals surface area contributed by atoms with Crippen LogP contribution in [-0.4, -0.2) is 20.4 Å². The van der Waals surface area contributed by atoms with Crippen molar-refractivity contribution in [2.75, 3.05) is 5.32 Å². The molecule has 0 saturated carbocycles. The maximum atomic E-state index is 12.4. The van der Waals surface area contributed by atoms with Gasteiger partial charge >= 0.3 is 0 Å². The number of carbonyl (C=O) groups is 1. The molecule has 0 fully saturated rings. The zero-order valence-corrected chi connectivity index (χ0v) is 16.3. The van der Waals surface area contributed by atoms with Gasteiger partial charge in [0, 0.05) is 16.2 Å². The predicted molar refractivity (Wildman–Crippen MR) is 102 cm³/mol. The third-order valence-electron chi connectivity index (χ3n) is 3.70. The van der Waals surface area contributed by atoms with Crippen molar-refractivity contribution in [3.8, 4) is 0 Å². The van der Waals surface area contributed by atoms with Gasteiger partial charge in [0.1, 0.15) is 0 Å². The van der Waals surface area contributed by atoms with E-state index in [2.05, 4.69) is 26.6 Å². The van der Waals surface area contributed by atoms with Gasteiger partial charge in [0.15, 0.2) is 0 Å². The summed E-state index contributed by atoms with van der Waals surface area (Å²) < 4.78 is 23.7. The summed E-state index contributed by atoms with van der Waals surface area (Å²) in [6.45, 7) is 3.71. The molecule has 8 heteroatoms. The SMILES string of the molecule is CC(NC(C)c1ccccc1Br)C(=O)Nc1cccc(S(N)(=O)=O)c1. The first-order valence-electron chi connectivity index (χ1n) is 7.62. The molecule has 6 nitrogen and oxygen atoms in total. The number of anilines is 1. The number of benzene rings is 2. The Labute approximate surface area is 156 Å². The van der Waals surface area contributed by atoms with Crippen LogP contribution in [0.2, 0.25) is 0 Å². The largest absolute Gasteiger partial charge is 0.325 e. The first kappa shape index (κ1) is 19.6. The van der Waals surface area contributed by atoms with Gasteiger partial charge in [-0.2, -0.15) is 0 Å². The van der Waals surface area contributed by atoms with Crippen molar-refractivity contribution in [2.45, 2.75) is 30.8 Å². The lowest BCUT2D eigenvalue weighted by Crippen LogP contribution is -2.39. The van der Waals surface area contributed by atoms with Gasteiger partial charge < -0.3 is 5.32 Å². The maximum absolute atomic E-state index is 12.4. The molecule has 0 radical (unpaired) electrons. The molecule has 1 amide bonds. The number of primary sulfonamides is 1. The van der Waals surface area contributed by atoms with Crippen molar-refractivity contribution in [2.24, 2.45) is 5.14 Å². The summed E-state index contributed by atoms with van der Waals surface area (Å²) in [5.74, 6) is -0.273. The molecule has 2 atom stereocenters. The van der Waals surface area contributed by atoms with E-state index in [4.69, 9.17) is 5.14 Å². The Kier molecular flexibility index (Phi) is 6.34. The fraction of sp³-hybridized carbons (Fsp3) is 0.235. The minimum Gasteiger partial charge on any atom is -0.325 e. The molecule has 2 rings (SSSR count). The molecule has 2 aromatic rings. The molecule has 0 saturated heterocycles. The number of halogens is 1. The average molecular weight is 426 g/mol. The minimum atomic E-state index is -3.81. The van der Waals surface area contributed by atoms with Gasteiger partial charge in [0.2, 0.25) is 15.9 Å². The van der Waals surface area contributed by atoms with Gasteiger partial charge in [0.05, 0.1) is 10.9 Å². The lowest BCUT2D eigenvalue weighted by molar-refractivity contribution is -0.117. The second-order valence-electron chi connectivity index (χ2n) is 5.69. The number of carbonyl (C=O) groups excluding carboxylic acids is 1. The fourth-order valence-electron chi connectivity index (χ4n) is 2.37. The van der Waals surface area contributed by atoms with E-state index < -0.39 is 16.1 Å². The molecule has 0 bridgehead atoms. The van der Waals surface area contributed by atoms with Crippen molar-refractivity contribution < 1.29 is 13.2 Å². The highest BCUT2D eigenvalue weighted by Crippen LogP contribution is 2.23. The van der Waals surface area contributed by atoms with Crippen LogP contribution in [0.3, 0.4) is 0 Å². The summed E-state index contributed by atoms with van der Waals surface area (Å²) in [4.78, 5) is 12.3. The molecule has 0 aliphatic carbocycles. The van der Waals surface area contributed by atoms with Crippen LogP contribution in [0.4, 0.5) is 5.69 Å². The van der Waals surface area contributed by atoms with Crippen molar-refractivity contribution in [1.82, 2.24) is 5.32 Å². The van der Waals surface area contributed by atoms with E-state index in [1.807, 2.05) is 31.2 Å². The number of hydrogen-bond donors (Lipinski definition) is 3. The van der Waals surface area contributed by atoms with Gasteiger partial charge in [-0.05, 0) is 43.7 Å². The van der Waals surface area contributed by atoms with Crippen molar-refractivity contribution in [3.05, 3.63) is 58.6 Å². The Hall–Kier alpha value is -1.74. The molecule has 0 spiro atoms. The quantitative estimate of drug-likeness (QED) is 0.661. The number of nitrogens with two attached hydrogens (primary N) is 1. The highest BCUT2D eigenvalue weighted by molar-refractivity contribution is 9.10. The summed E-state index contributed by atoms with van der Waals surface area (Å²) in [6, 6.07) is 13.1. The molecule has 25 heavy (non-hydrogen) atoms. The molecule has 2 aromatic carbocycles. The van der Waals surface area contributed by atoms with E-state index in [0.717, 1.165) is 10.0 Å². The van der Waals surface area contributed by atoms with Gasteiger partial charge in [-0.15, -0.1) is 0 Å². The Morgan fingerprint density at radius 2 is 1.80 bits per heavy atom. The van der Waals surface area contributed by atoms with Crippen LogP contribution in [0.15, 0.2) is 57.9 Å². The van der Waals surface area contributed by atoms with Crippen LogP contribution in [-0.2, 0) is 14.8 Å². The number of nitrogens with one attached hydrogen (secondary N) is 2. The third kappa shape index (κ3) is 5.37. The van der Waals surface area contributed by atoms with E-state index in [0.29, 0.717) is 5.69 Å². The van der Waals surface area contributed by atoms with Crippen LogP contribution < -0.4 is 15.8 Å². The van der Waals surface area contributed by atoms with Crippen LogP contribution >= 0.6 is 15.9 Å². The number of sulfonamides is 1. The number of rotatable bonds is 6. The van der Waals surface area contributed by atoms with Crippen LogP contribution in [0.25, 0.3) is 0 Å². The zero-order chi connectivity index (χ0) is 18.6. The van der Waals surface area contributed by atoms with Crippen LogP contribution in [0.1, 0.15) is 25.5 Å². The Balaban J connectivity index is 2.05. The highest BCUT2D eigenvalue weighted by Gasteiger charge is 2.18. The average Bonchev–Trinajstić information content (AvgIpc) is 2.54. The monoisotopic (exact) mass is 425 g/mol. The van der Waals surface area contributed by atoms with Crippen LogP contribution in [0, 0.1) is 0 Å². The predicted octanol–water partition coefficient (Wildman–Crippen LogP) is 2.77. The smallest absolute Gasteiger partial charge is 0.241 e. The summed E-state index contributed by atoms with van der Waals surface area (Å²) in [6.07, 6.45) is 0. The van der Waals surface area contributed by atoms with E-state index in [9.17, 15) is 13.2 Å². The Morgan fingerprint density at radius 1 is 1.12 bits per heavy atom. The van der Waals surface area contributed by atoms with Crippen LogP contribution in [0.5, 0.6) is 0 Å². The molecular weight excluding hydrogens is 406 g/mol. The zero-order valence-electron chi connectivity index (χ0n) is 13.9. The van der Waals surface area contributed by atoms with E-state index >= 15 is 0 Å². The van der Waals surface area contributed by atoms with E-state index in [1.165, 1.54) is 18.2 Å². The molecule has 0 heterocycles. The molecule has 0 aliphatic rings. The van der Waals surface area contributed by atoms with E-state index in [1.54, 1.807) is 13.0 Å². The normalized spacial score (nSPS) is 13.9. The molecule has 134 valence electrons. The van der Waals surface area contributed by atoms with Crippen molar-refractivity contribution in [1.29, 1.82) is 0 Å². The summed E-state index contributed by atoms with van der Waals surface area (Å²) in [5.41, 5.74) is 1.41. The topological polar surface area (TPSA) is 101 Å². The fourth-order valence-corrected chi connectivity index (χ4v) is 3.56. The van der Waals surface area contributed by atoms with Gasteiger partial charge in [-0.1, -0.05) is 40.2 Å². The summed E-state index contributed by atoms with van der Waals surface area (Å²) >= 11 is 3.49. The first-order chi connectivity index (χ1) is 11.7. The third-order valence-corrected chi connectivity index (χ3v) is 5.33. The Morgan fingerprint density at radius 3 is 2.44 bits per heavy atom. The molecule has 0 aromatic heterocycles. The van der Waals surface area contributed by atoms with Gasteiger partial charge in [0.25, 0.3) is 0 Å². The van der Waals surface area contributed by atoms with Crippen molar-refractivity contribution in [3.63, 3.8) is 0 Å². The molecule has 0 aliphatic heterocycles.